The maximum absolute atomic E-state index is 12.5. The first kappa shape index (κ1) is 16.4. The number of piperidine rings is 1. The molecule has 0 radical (unpaired) electrons. The van der Waals surface area contributed by atoms with Crippen molar-refractivity contribution in [3.63, 3.8) is 0 Å². The topological polar surface area (TPSA) is 75.4 Å². The van der Waals surface area contributed by atoms with Gasteiger partial charge in [-0.2, -0.15) is 0 Å². The Labute approximate surface area is 127 Å². The van der Waals surface area contributed by atoms with Gasteiger partial charge < -0.3 is 10.6 Å². The maximum Gasteiger partial charge on any atom is 0.240 e. The summed E-state index contributed by atoms with van der Waals surface area (Å²) in [5.41, 5.74) is 7.55. The molecule has 21 heavy (non-hydrogen) atoms. The van der Waals surface area contributed by atoms with Gasteiger partial charge in [0.2, 0.25) is 10.0 Å². The Hall–Kier alpha value is -0.950. The molecule has 1 aliphatic heterocycles. The van der Waals surface area contributed by atoms with Gasteiger partial charge in [0.1, 0.15) is 0 Å². The predicted octanol–water partition coefficient (Wildman–Crippen LogP) is 1.07. The summed E-state index contributed by atoms with van der Waals surface area (Å²) in [6.45, 7) is 6.20. The summed E-state index contributed by atoms with van der Waals surface area (Å²) in [5.74, 6) is 0.304. The number of nitrogens with zero attached hydrogens (tertiary/aromatic N) is 1. The molecule has 0 aliphatic carbocycles. The van der Waals surface area contributed by atoms with Gasteiger partial charge in [-0.3, -0.25) is 0 Å². The highest BCUT2D eigenvalue weighted by atomic mass is 32.2. The highest BCUT2D eigenvalue weighted by molar-refractivity contribution is 7.89. The highest BCUT2D eigenvalue weighted by Crippen LogP contribution is 2.20. The summed E-state index contributed by atoms with van der Waals surface area (Å²) in [6.07, 6.45) is 0.840. The summed E-state index contributed by atoms with van der Waals surface area (Å²) in [7, 11) is -1.42. The Morgan fingerprint density at radius 2 is 2.14 bits per heavy atom. The summed E-state index contributed by atoms with van der Waals surface area (Å²) in [4.78, 5) is 2.54. The summed E-state index contributed by atoms with van der Waals surface area (Å²) in [6, 6.07) is 5.14. The number of benzene rings is 1. The van der Waals surface area contributed by atoms with Gasteiger partial charge in [0.15, 0.2) is 0 Å². The number of likely N-dealkylation sites (tertiary alicyclic amines) is 1. The SMILES string of the molecule is Cc1ccc(S(=O)(=O)NC2CCN(C)CC2C)cc1CN. The number of nitrogens with one attached hydrogen (secondary N) is 1. The Bertz CT molecular complexity index is 601. The molecule has 0 spiro atoms. The first-order valence-corrected chi connectivity index (χ1v) is 8.82. The van der Waals surface area contributed by atoms with Crippen LogP contribution in [0.1, 0.15) is 24.5 Å². The van der Waals surface area contributed by atoms with E-state index in [0.29, 0.717) is 17.4 Å². The Balaban J connectivity index is 2.18. The normalized spacial score (nSPS) is 24.2. The molecule has 6 heteroatoms. The highest BCUT2D eigenvalue weighted by Gasteiger charge is 2.28. The zero-order chi connectivity index (χ0) is 15.6. The van der Waals surface area contributed by atoms with Gasteiger partial charge in [0.05, 0.1) is 4.90 Å². The van der Waals surface area contributed by atoms with Crippen molar-refractivity contribution in [2.45, 2.75) is 37.8 Å². The Morgan fingerprint density at radius 3 is 2.76 bits per heavy atom. The van der Waals surface area contributed by atoms with Gasteiger partial charge in [-0.15, -0.1) is 0 Å². The fourth-order valence-electron chi connectivity index (χ4n) is 2.83. The van der Waals surface area contributed by atoms with Crippen LogP contribution in [-0.4, -0.2) is 39.5 Å². The standard InChI is InChI=1S/C15H25N3O2S/c1-11-4-5-14(8-13(11)9-16)21(19,20)17-15-6-7-18(3)10-12(15)2/h4-5,8,12,15,17H,6-7,9-10,16H2,1-3H3. The average molecular weight is 311 g/mol. The van der Waals surface area contributed by atoms with Crippen molar-refractivity contribution >= 4 is 10.0 Å². The van der Waals surface area contributed by atoms with E-state index in [9.17, 15) is 8.42 Å². The van der Waals surface area contributed by atoms with Crippen LogP contribution in [0.3, 0.4) is 0 Å². The largest absolute Gasteiger partial charge is 0.326 e. The molecule has 1 aromatic rings. The number of aryl methyl sites for hydroxylation is 1. The van der Waals surface area contributed by atoms with Crippen molar-refractivity contribution in [3.05, 3.63) is 29.3 Å². The van der Waals surface area contributed by atoms with Crippen molar-refractivity contribution < 1.29 is 8.42 Å². The molecule has 1 heterocycles. The third kappa shape index (κ3) is 3.83. The first-order chi connectivity index (χ1) is 9.83. The van der Waals surface area contributed by atoms with Gasteiger partial charge in [-0.25, -0.2) is 13.1 Å². The molecule has 0 amide bonds. The second-order valence-electron chi connectivity index (χ2n) is 6.05. The molecule has 2 atom stereocenters. The van der Waals surface area contributed by atoms with Gasteiger partial charge in [0, 0.05) is 19.1 Å². The van der Waals surface area contributed by atoms with Crippen LogP contribution < -0.4 is 10.5 Å². The van der Waals surface area contributed by atoms with Crippen molar-refractivity contribution in [2.24, 2.45) is 11.7 Å². The third-order valence-corrected chi connectivity index (χ3v) is 5.75. The molecule has 118 valence electrons. The molecular formula is C15H25N3O2S. The molecule has 1 aromatic carbocycles. The van der Waals surface area contributed by atoms with Gasteiger partial charge in [-0.05, 0) is 56.1 Å². The predicted molar refractivity (Wildman–Crippen MR) is 84.5 cm³/mol. The lowest BCUT2D eigenvalue weighted by Gasteiger charge is -2.35. The maximum atomic E-state index is 12.5. The summed E-state index contributed by atoms with van der Waals surface area (Å²) < 4.78 is 27.9. The second kappa shape index (κ2) is 6.44. The van der Waals surface area contributed by atoms with Crippen LogP contribution >= 0.6 is 0 Å². The quantitative estimate of drug-likeness (QED) is 0.872. The number of hydrogen-bond acceptors (Lipinski definition) is 4. The molecule has 2 unspecified atom stereocenters. The van der Waals surface area contributed by atoms with Crippen LogP contribution in [0.2, 0.25) is 0 Å². The minimum atomic E-state index is -3.48. The van der Waals surface area contributed by atoms with E-state index in [1.807, 2.05) is 13.0 Å². The fourth-order valence-corrected chi connectivity index (χ4v) is 4.26. The van der Waals surface area contributed by atoms with Crippen LogP contribution in [-0.2, 0) is 16.6 Å². The number of hydrogen-bond donors (Lipinski definition) is 2. The second-order valence-corrected chi connectivity index (χ2v) is 7.76. The molecule has 3 N–H and O–H groups in total. The van der Waals surface area contributed by atoms with Gasteiger partial charge >= 0.3 is 0 Å². The smallest absolute Gasteiger partial charge is 0.240 e. The number of rotatable bonds is 4. The van der Waals surface area contributed by atoms with Crippen LogP contribution in [0.25, 0.3) is 0 Å². The summed E-state index contributed by atoms with van der Waals surface area (Å²) in [5, 5.41) is 0. The van der Waals surface area contributed by atoms with Crippen molar-refractivity contribution in [3.8, 4) is 0 Å². The molecule has 1 saturated heterocycles. The molecule has 0 saturated carbocycles. The van der Waals surface area contributed by atoms with Crippen molar-refractivity contribution in [2.75, 3.05) is 20.1 Å². The lowest BCUT2D eigenvalue weighted by Crippen LogP contribution is -2.48. The molecule has 2 rings (SSSR count). The van der Waals surface area contributed by atoms with E-state index in [1.54, 1.807) is 12.1 Å². The van der Waals surface area contributed by atoms with Gasteiger partial charge in [-0.1, -0.05) is 13.0 Å². The van der Waals surface area contributed by atoms with E-state index in [4.69, 9.17) is 5.73 Å². The van der Waals surface area contributed by atoms with Gasteiger partial charge in [0.25, 0.3) is 0 Å². The van der Waals surface area contributed by atoms with E-state index in [-0.39, 0.29) is 6.04 Å². The summed E-state index contributed by atoms with van der Waals surface area (Å²) >= 11 is 0. The zero-order valence-electron chi connectivity index (χ0n) is 13.0. The monoisotopic (exact) mass is 311 g/mol. The average Bonchev–Trinajstić information content (AvgIpc) is 2.42. The van der Waals surface area contributed by atoms with E-state index in [0.717, 1.165) is 30.6 Å². The first-order valence-electron chi connectivity index (χ1n) is 7.34. The molecule has 1 fully saturated rings. The molecular weight excluding hydrogens is 286 g/mol. The van der Waals surface area contributed by atoms with E-state index in [2.05, 4.69) is 23.6 Å². The van der Waals surface area contributed by atoms with Crippen LogP contribution in [0.15, 0.2) is 23.1 Å². The molecule has 1 aliphatic rings. The number of sulfonamides is 1. The molecule has 0 bridgehead atoms. The Kier molecular flexibility index (Phi) is 5.03. The lowest BCUT2D eigenvalue weighted by atomic mass is 9.95. The third-order valence-electron chi connectivity index (χ3n) is 4.27. The van der Waals surface area contributed by atoms with E-state index < -0.39 is 10.0 Å². The zero-order valence-corrected chi connectivity index (χ0v) is 13.8. The van der Waals surface area contributed by atoms with E-state index >= 15 is 0 Å². The lowest BCUT2D eigenvalue weighted by molar-refractivity contribution is 0.188. The van der Waals surface area contributed by atoms with Crippen molar-refractivity contribution in [1.82, 2.24) is 9.62 Å². The minimum Gasteiger partial charge on any atom is -0.326 e. The fraction of sp³-hybridized carbons (Fsp3) is 0.600. The molecule has 0 aromatic heterocycles. The molecule has 5 nitrogen and oxygen atoms in total. The van der Waals surface area contributed by atoms with Crippen molar-refractivity contribution in [1.29, 1.82) is 0 Å². The van der Waals surface area contributed by atoms with Crippen LogP contribution in [0, 0.1) is 12.8 Å². The Morgan fingerprint density at radius 1 is 1.43 bits per heavy atom. The van der Waals surface area contributed by atoms with Crippen LogP contribution in [0.4, 0.5) is 0 Å². The van der Waals surface area contributed by atoms with E-state index in [1.165, 1.54) is 0 Å². The van der Waals surface area contributed by atoms with Crippen LogP contribution in [0.5, 0.6) is 0 Å². The number of nitrogens with two attached hydrogens (primary N) is 1. The minimum absolute atomic E-state index is 0.00571.